The van der Waals surface area contributed by atoms with Gasteiger partial charge in [0.05, 0.1) is 12.1 Å². The summed E-state index contributed by atoms with van der Waals surface area (Å²) in [5.41, 5.74) is 1.22. The summed E-state index contributed by atoms with van der Waals surface area (Å²) in [6.45, 7) is 9.73. The number of quaternary nitrogens is 1. The highest BCUT2D eigenvalue weighted by Crippen LogP contribution is 2.38. The quantitative estimate of drug-likeness (QED) is 0.513. The highest BCUT2D eigenvalue weighted by molar-refractivity contribution is 5.55. The Balaban J connectivity index is 1.92. The number of aliphatic hydroxyl groups is 2. The van der Waals surface area contributed by atoms with E-state index in [4.69, 9.17) is 4.74 Å². The van der Waals surface area contributed by atoms with Crippen LogP contribution in [0.1, 0.15) is 33.3 Å². The Morgan fingerprint density at radius 2 is 2.12 bits per heavy atom. The van der Waals surface area contributed by atoms with Crippen molar-refractivity contribution < 1.29 is 20.0 Å². The summed E-state index contributed by atoms with van der Waals surface area (Å²) in [7, 11) is 0. The summed E-state index contributed by atoms with van der Waals surface area (Å²) in [5.74, 6) is 0.679. The smallest absolute Gasteiger partial charge is 0.138 e. The second kappa shape index (κ2) is 7.37. The minimum atomic E-state index is -0.657. The predicted molar refractivity (Wildman–Crippen MR) is 93.6 cm³/mol. The first-order chi connectivity index (χ1) is 11.2. The van der Waals surface area contributed by atoms with Gasteiger partial charge in [0.1, 0.15) is 24.1 Å². The van der Waals surface area contributed by atoms with Gasteiger partial charge in [0.2, 0.25) is 0 Å². The Labute approximate surface area is 144 Å². The SMILES string of the molecule is CC(C)(CO)CNCC(O)COc1cccc2c1C(C)(C)C[NH+]2[O-]. The highest BCUT2D eigenvalue weighted by Gasteiger charge is 2.39. The predicted octanol–water partition coefficient (Wildman–Crippen LogP) is 0.340. The monoisotopic (exact) mass is 338 g/mol. The molecule has 6 nitrogen and oxygen atoms in total. The van der Waals surface area contributed by atoms with E-state index in [1.165, 1.54) is 0 Å². The van der Waals surface area contributed by atoms with Crippen LogP contribution in [0.25, 0.3) is 0 Å². The third-order valence-corrected chi connectivity index (χ3v) is 4.45. The molecule has 0 saturated carbocycles. The van der Waals surface area contributed by atoms with E-state index in [-0.39, 0.29) is 29.1 Å². The molecular formula is C18H30N2O4. The number of hydroxylamine groups is 1. The third kappa shape index (κ3) is 4.46. The molecule has 1 aromatic rings. The number of nitrogens with one attached hydrogen (secondary N) is 2. The molecule has 0 aliphatic carbocycles. The third-order valence-electron chi connectivity index (χ3n) is 4.45. The molecule has 0 fully saturated rings. The molecule has 1 aromatic carbocycles. The summed E-state index contributed by atoms with van der Waals surface area (Å²) in [6, 6.07) is 5.52. The Hall–Kier alpha value is -1.18. The maximum Gasteiger partial charge on any atom is 0.138 e. The van der Waals surface area contributed by atoms with Gasteiger partial charge in [-0.05, 0) is 26.0 Å². The second-order valence-electron chi connectivity index (χ2n) is 8.08. The van der Waals surface area contributed by atoms with Gasteiger partial charge in [-0.3, -0.25) is 0 Å². The van der Waals surface area contributed by atoms with E-state index >= 15 is 0 Å². The molecule has 6 heteroatoms. The molecule has 136 valence electrons. The molecule has 2 rings (SSSR count). The van der Waals surface area contributed by atoms with Crippen LogP contribution in [0.15, 0.2) is 18.2 Å². The minimum absolute atomic E-state index is 0.0891. The lowest BCUT2D eigenvalue weighted by molar-refractivity contribution is -0.773. The second-order valence-corrected chi connectivity index (χ2v) is 8.08. The van der Waals surface area contributed by atoms with Crippen molar-refractivity contribution in [3.05, 3.63) is 29.0 Å². The van der Waals surface area contributed by atoms with E-state index in [1.54, 1.807) is 0 Å². The average Bonchev–Trinajstić information content (AvgIpc) is 2.75. The van der Waals surface area contributed by atoms with E-state index in [9.17, 15) is 15.4 Å². The number of hydrogen-bond acceptors (Lipinski definition) is 5. The summed E-state index contributed by atoms with van der Waals surface area (Å²) >= 11 is 0. The minimum Gasteiger partial charge on any atom is -0.629 e. The van der Waals surface area contributed by atoms with Crippen LogP contribution in [-0.4, -0.2) is 49.2 Å². The van der Waals surface area contributed by atoms with E-state index < -0.39 is 6.10 Å². The van der Waals surface area contributed by atoms with Crippen LogP contribution in [0, 0.1) is 10.6 Å². The summed E-state index contributed by atoms with van der Waals surface area (Å²) in [4.78, 5) is 0. The van der Waals surface area contributed by atoms with Crippen molar-refractivity contribution in [2.24, 2.45) is 5.41 Å². The van der Waals surface area contributed by atoms with Gasteiger partial charge in [-0.1, -0.05) is 19.9 Å². The van der Waals surface area contributed by atoms with Gasteiger partial charge in [-0.15, -0.1) is 0 Å². The van der Waals surface area contributed by atoms with Crippen LogP contribution in [0.4, 0.5) is 5.69 Å². The fourth-order valence-electron chi connectivity index (χ4n) is 3.04. The Bertz CT molecular complexity index is 560. The molecule has 4 N–H and O–H groups in total. The zero-order valence-corrected chi connectivity index (χ0v) is 15.1. The zero-order valence-electron chi connectivity index (χ0n) is 15.1. The first kappa shape index (κ1) is 19.1. The van der Waals surface area contributed by atoms with Crippen LogP contribution >= 0.6 is 0 Å². The van der Waals surface area contributed by atoms with Crippen molar-refractivity contribution >= 4 is 5.69 Å². The number of fused-ring (bicyclic) bond motifs is 1. The van der Waals surface area contributed by atoms with Crippen molar-refractivity contribution in [2.45, 2.75) is 39.2 Å². The molecule has 0 bridgehead atoms. The lowest BCUT2D eigenvalue weighted by Gasteiger charge is -2.23. The number of rotatable bonds is 8. The molecule has 2 atom stereocenters. The average molecular weight is 338 g/mol. The molecular weight excluding hydrogens is 308 g/mol. The Kier molecular flexibility index (Phi) is 5.88. The summed E-state index contributed by atoms with van der Waals surface area (Å²) in [6.07, 6.45) is -0.657. The maximum atomic E-state index is 12.1. The number of benzene rings is 1. The molecule has 0 saturated heterocycles. The normalized spacial score (nSPS) is 20.7. The van der Waals surface area contributed by atoms with Crippen LogP contribution in [0.3, 0.4) is 0 Å². The van der Waals surface area contributed by atoms with E-state index in [0.29, 0.717) is 25.4 Å². The van der Waals surface area contributed by atoms with Crippen molar-refractivity contribution in [3.63, 3.8) is 0 Å². The van der Waals surface area contributed by atoms with Gasteiger partial charge in [0.15, 0.2) is 0 Å². The van der Waals surface area contributed by atoms with Crippen LogP contribution in [0.5, 0.6) is 5.75 Å². The molecule has 0 aromatic heterocycles. The van der Waals surface area contributed by atoms with Crippen LogP contribution < -0.4 is 15.1 Å². The van der Waals surface area contributed by atoms with Crippen molar-refractivity contribution in [1.29, 1.82) is 0 Å². The van der Waals surface area contributed by atoms with Gasteiger partial charge in [0.25, 0.3) is 0 Å². The first-order valence-corrected chi connectivity index (χ1v) is 8.45. The molecule has 0 radical (unpaired) electrons. The van der Waals surface area contributed by atoms with E-state index in [1.807, 2.05) is 45.9 Å². The first-order valence-electron chi connectivity index (χ1n) is 8.45. The fourth-order valence-corrected chi connectivity index (χ4v) is 3.04. The van der Waals surface area contributed by atoms with Crippen molar-refractivity contribution in [1.82, 2.24) is 5.32 Å². The maximum absolute atomic E-state index is 12.1. The molecule has 0 spiro atoms. The lowest BCUT2D eigenvalue weighted by atomic mass is 9.86. The number of aliphatic hydroxyl groups excluding tert-OH is 2. The Morgan fingerprint density at radius 1 is 1.42 bits per heavy atom. The van der Waals surface area contributed by atoms with Crippen molar-refractivity contribution in [3.8, 4) is 5.75 Å². The molecule has 1 aliphatic rings. The zero-order chi connectivity index (χ0) is 18.0. The largest absolute Gasteiger partial charge is 0.629 e. The fraction of sp³-hybridized carbons (Fsp3) is 0.667. The van der Waals surface area contributed by atoms with Gasteiger partial charge < -0.3 is 30.5 Å². The van der Waals surface area contributed by atoms with Crippen molar-refractivity contribution in [2.75, 3.05) is 32.8 Å². The lowest BCUT2D eigenvalue weighted by Crippen LogP contribution is -3.01. The molecule has 1 aliphatic heterocycles. The molecule has 2 unspecified atom stereocenters. The molecule has 24 heavy (non-hydrogen) atoms. The van der Waals surface area contributed by atoms with E-state index in [0.717, 1.165) is 11.3 Å². The highest BCUT2D eigenvalue weighted by atomic mass is 16.5. The van der Waals surface area contributed by atoms with Crippen LogP contribution in [0.2, 0.25) is 0 Å². The number of ether oxygens (including phenoxy) is 1. The van der Waals surface area contributed by atoms with E-state index in [2.05, 4.69) is 5.32 Å². The van der Waals surface area contributed by atoms with Gasteiger partial charge in [-0.25, -0.2) is 0 Å². The topological polar surface area (TPSA) is 89.2 Å². The molecule has 1 heterocycles. The van der Waals surface area contributed by atoms with Gasteiger partial charge in [-0.2, -0.15) is 0 Å². The summed E-state index contributed by atoms with van der Waals surface area (Å²) in [5, 5.41) is 34.7. The standard InChI is InChI=1S/C18H30N2O4/c1-17(2,12-21)10-19-8-13(22)9-24-15-7-5-6-14-16(15)18(3,4)11-20(14)23/h5-7,13,19-22H,8-12H2,1-4H3. The van der Waals surface area contributed by atoms with Gasteiger partial charge in [0, 0.05) is 30.5 Å². The van der Waals surface area contributed by atoms with Gasteiger partial charge >= 0.3 is 0 Å². The Morgan fingerprint density at radius 3 is 2.79 bits per heavy atom. The number of hydrogen-bond donors (Lipinski definition) is 4. The summed E-state index contributed by atoms with van der Waals surface area (Å²) < 4.78 is 5.81. The van der Waals surface area contributed by atoms with Crippen LogP contribution in [-0.2, 0) is 5.41 Å². The molecule has 0 amide bonds.